The Kier molecular flexibility index (Phi) is 2.72. The van der Waals surface area contributed by atoms with E-state index in [1.54, 1.807) is 0 Å². The van der Waals surface area contributed by atoms with Crippen molar-refractivity contribution in [2.75, 3.05) is 5.73 Å². The molecule has 18 heavy (non-hydrogen) atoms. The van der Waals surface area contributed by atoms with Crippen LogP contribution in [0.4, 0.5) is 5.69 Å². The quantitative estimate of drug-likeness (QED) is 0.814. The molecule has 1 aromatic heterocycles. The van der Waals surface area contributed by atoms with Crippen LogP contribution in [-0.2, 0) is 19.6 Å². The van der Waals surface area contributed by atoms with Gasteiger partial charge >= 0.3 is 0 Å². The van der Waals surface area contributed by atoms with Crippen molar-refractivity contribution in [1.82, 2.24) is 14.9 Å². The van der Waals surface area contributed by atoms with Gasteiger partial charge < -0.3 is 5.73 Å². The fourth-order valence-corrected chi connectivity index (χ4v) is 2.36. The van der Waals surface area contributed by atoms with Crippen LogP contribution in [0.3, 0.4) is 0 Å². The number of nitrogen functional groups attached to an aromatic ring is 1. The number of anilines is 1. The van der Waals surface area contributed by atoms with Crippen LogP contribution in [0.5, 0.6) is 0 Å². The Bertz CT molecular complexity index is 563. The molecular formula is C14H16N4. The van der Waals surface area contributed by atoms with Gasteiger partial charge in [0.2, 0.25) is 0 Å². The number of fused-ring (bicyclic) bond motifs is 1. The molecule has 4 nitrogen and oxygen atoms in total. The number of nitrogens with zero attached hydrogens (tertiary/aromatic N) is 3. The summed E-state index contributed by atoms with van der Waals surface area (Å²) in [5.41, 5.74) is 11.4. The first-order valence-electron chi connectivity index (χ1n) is 6.08. The molecule has 0 saturated heterocycles. The fraction of sp³-hybridized carbons (Fsp3) is 0.286. The van der Waals surface area contributed by atoms with Gasteiger partial charge in [-0.25, -0.2) is 0 Å². The lowest BCUT2D eigenvalue weighted by Gasteiger charge is -2.13. The highest BCUT2D eigenvalue weighted by Gasteiger charge is 2.20. The molecule has 4 heteroatoms. The zero-order valence-corrected chi connectivity index (χ0v) is 10.4. The molecule has 92 valence electrons. The number of nitrogens with two attached hydrogens (primary N) is 1. The lowest BCUT2D eigenvalue weighted by molar-refractivity contribution is 0.272. The van der Waals surface area contributed by atoms with Gasteiger partial charge in [-0.3, -0.25) is 14.9 Å². The van der Waals surface area contributed by atoms with Gasteiger partial charge in [0.1, 0.15) is 0 Å². The lowest BCUT2D eigenvalue weighted by atomic mass is 10.1. The van der Waals surface area contributed by atoms with Crippen molar-refractivity contribution in [2.24, 2.45) is 0 Å². The van der Waals surface area contributed by atoms with E-state index < -0.39 is 0 Å². The normalized spacial score (nSPS) is 14.7. The van der Waals surface area contributed by atoms with E-state index in [4.69, 9.17) is 5.73 Å². The molecule has 3 rings (SSSR count). The van der Waals surface area contributed by atoms with Crippen molar-refractivity contribution in [3.8, 4) is 0 Å². The third-order valence-corrected chi connectivity index (χ3v) is 3.30. The molecular weight excluding hydrogens is 224 g/mol. The molecule has 2 N–H and O–H groups in total. The topological polar surface area (TPSA) is 55.0 Å². The molecule has 0 bridgehead atoms. The summed E-state index contributed by atoms with van der Waals surface area (Å²) >= 11 is 0. The Morgan fingerprint density at radius 1 is 1.22 bits per heavy atom. The molecule has 0 atom stereocenters. The molecule has 0 saturated carbocycles. The van der Waals surface area contributed by atoms with Gasteiger partial charge in [0.25, 0.3) is 0 Å². The molecule has 0 amide bonds. The minimum atomic E-state index is 0.821. The lowest BCUT2D eigenvalue weighted by Crippen LogP contribution is -2.16. The van der Waals surface area contributed by atoms with Gasteiger partial charge in [-0.1, -0.05) is 12.1 Å². The van der Waals surface area contributed by atoms with Crippen molar-refractivity contribution >= 4 is 5.69 Å². The van der Waals surface area contributed by atoms with E-state index in [1.807, 2.05) is 31.5 Å². The first-order valence-corrected chi connectivity index (χ1v) is 6.08. The maximum atomic E-state index is 5.99. The first-order chi connectivity index (χ1) is 8.72. The van der Waals surface area contributed by atoms with Crippen LogP contribution in [0.1, 0.15) is 22.5 Å². The molecule has 0 fully saturated rings. The highest BCUT2D eigenvalue weighted by Crippen LogP contribution is 2.28. The zero-order valence-electron chi connectivity index (χ0n) is 10.4. The van der Waals surface area contributed by atoms with Crippen LogP contribution in [0.2, 0.25) is 0 Å². The highest BCUT2D eigenvalue weighted by atomic mass is 15.1. The summed E-state index contributed by atoms with van der Waals surface area (Å²) in [6.07, 6.45) is 3.66. The first kappa shape index (κ1) is 11.2. The van der Waals surface area contributed by atoms with Gasteiger partial charge in [-0.2, -0.15) is 0 Å². The fourth-order valence-electron chi connectivity index (χ4n) is 2.36. The number of aryl methyl sites for hydroxylation is 1. The number of hydrogen-bond donors (Lipinski definition) is 1. The van der Waals surface area contributed by atoms with Crippen molar-refractivity contribution in [3.63, 3.8) is 0 Å². The second-order valence-electron chi connectivity index (χ2n) is 4.78. The van der Waals surface area contributed by atoms with E-state index >= 15 is 0 Å². The molecule has 1 aliphatic rings. The van der Waals surface area contributed by atoms with Gasteiger partial charge in [-0.15, -0.1) is 0 Å². The van der Waals surface area contributed by atoms with Crippen LogP contribution >= 0.6 is 0 Å². The minimum absolute atomic E-state index is 0.821. The summed E-state index contributed by atoms with van der Waals surface area (Å²) in [4.78, 5) is 11.0. The molecule has 0 radical (unpaired) electrons. The Hall–Kier alpha value is -1.94. The molecule has 0 unspecified atom stereocenters. The highest BCUT2D eigenvalue weighted by molar-refractivity contribution is 5.52. The second kappa shape index (κ2) is 4.38. The average Bonchev–Trinajstić information content (AvgIpc) is 2.76. The van der Waals surface area contributed by atoms with E-state index in [2.05, 4.69) is 20.9 Å². The maximum absolute atomic E-state index is 5.99. The van der Waals surface area contributed by atoms with Crippen LogP contribution < -0.4 is 5.73 Å². The number of rotatable bonds is 2. The SMILES string of the molecule is Cc1cnc(CN2Cc3cccc(N)c3C2)cn1. The van der Waals surface area contributed by atoms with Crippen LogP contribution in [0.15, 0.2) is 30.6 Å². The summed E-state index contributed by atoms with van der Waals surface area (Å²) in [6, 6.07) is 6.13. The van der Waals surface area contributed by atoms with E-state index in [-0.39, 0.29) is 0 Å². The molecule has 0 aliphatic carbocycles. The van der Waals surface area contributed by atoms with Gasteiger partial charge in [0.05, 0.1) is 11.4 Å². The van der Waals surface area contributed by atoms with Crippen LogP contribution in [0, 0.1) is 6.92 Å². The van der Waals surface area contributed by atoms with Crippen molar-refractivity contribution < 1.29 is 0 Å². The van der Waals surface area contributed by atoms with Gasteiger partial charge in [0.15, 0.2) is 0 Å². The third kappa shape index (κ3) is 2.07. The Morgan fingerprint density at radius 2 is 2.11 bits per heavy atom. The number of aromatic nitrogens is 2. The van der Waals surface area contributed by atoms with Crippen LogP contribution in [0.25, 0.3) is 0 Å². The minimum Gasteiger partial charge on any atom is -0.398 e. The zero-order chi connectivity index (χ0) is 12.5. The van der Waals surface area contributed by atoms with Gasteiger partial charge in [0, 0.05) is 37.7 Å². The van der Waals surface area contributed by atoms with Crippen molar-refractivity contribution in [2.45, 2.75) is 26.6 Å². The summed E-state index contributed by atoms with van der Waals surface area (Å²) in [6.45, 7) is 4.61. The van der Waals surface area contributed by atoms with E-state index in [0.29, 0.717) is 0 Å². The third-order valence-electron chi connectivity index (χ3n) is 3.30. The molecule has 1 aromatic carbocycles. The summed E-state index contributed by atoms with van der Waals surface area (Å²) in [5.74, 6) is 0. The monoisotopic (exact) mass is 240 g/mol. The predicted octanol–water partition coefficient (Wildman–Crippen LogP) is 1.88. The van der Waals surface area contributed by atoms with Crippen LogP contribution in [-0.4, -0.2) is 14.9 Å². The number of hydrogen-bond acceptors (Lipinski definition) is 4. The van der Waals surface area contributed by atoms with Crippen molar-refractivity contribution in [1.29, 1.82) is 0 Å². The Balaban J connectivity index is 1.75. The molecule has 2 aromatic rings. The van der Waals surface area contributed by atoms with Gasteiger partial charge in [-0.05, 0) is 24.1 Å². The average molecular weight is 240 g/mol. The Labute approximate surface area is 106 Å². The van der Waals surface area contributed by atoms with Crippen molar-refractivity contribution in [3.05, 3.63) is 53.1 Å². The second-order valence-corrected chi connectivity index (χ2v) is 4.78. The maximum Gasteiger partial charge on any atom is 0.0727 e. The summed E-state index contributed by atoms with van der Waals surface area (Å²) in [5, 5.41) is 0. The molecule has 1 aliphatic heterocycles. The molecule has 2 heterocycles. The standard InChI is InChI=1S/C14H16N4/c1-10-5-17-12(6-16-10)8-18-7-11-3-2-4-14(15)13(11)9-18/h2-6H,7-9,15H2,1H3. The smallest absolute Gasteiger partial charge is 0.0727 e. The predicted molar refractivity (Wildman–Crippen MR) is 70.6 cm³/mol. The molecule has 0 spiro atoms. The van der Waals surface area contributed by atoms with E-state index in [9.17, 15) is 0 Å². The Morgan fingerprint density at radius 3 is 2.83 bits per heavy atom. The summed E-state index contributed by atoms with van der Waals surface area (Å²) in [7, 11) is 0. The summed E-state index contributed by atoms with van der Waals surface area (Å²) < 4.78 is 0. The van der Waals surface area contributed by atoms with E-state index in [1.165, 1.54) is 11.1 Å². The number of benzene rings is 1. The van der Waals surface area contributed by atoms with E-state index in [0.717, 1.165) is 36.7 Å². The largest absolute Gasteiger partial charge is 0.398 e.